The van der Waals surface area contributed by atoms with E-state index in [1.54, 1.807) is 0 Å². The summed E-state index contributed by atoms with van der Waals surface area (Å²) in [6, 6.07) is 0.327. The molecule has 1 aliphatic carbocycles. The van der Waals surface area contributed by atoms with Gasteiger partial charge in [-0.25, -0.2) is 0 Å². The van der Waals surface area contributed by atoms with Crippen molar-refractivity contribution in [1.29, 1.82) is 0 Å². The molecule has 0 saturated heterocycles. The van der Waals surface area contributed by atoms with E-state index >= 15 is 0 Å². The van der Waals surface area contributed by atoms with E-state index in [4.69, 9.17) is 5.11 Å². The van der Waals surface area contributed by atoms with Gasteiger partial charge in [0.25, 0.3) is 0 Å². The van der Waals surface area contributed by atoms with E-state index in [2.05, 4.69) is 19.2 Å². The summed E-state index contributed by atoms with van der Waals surface area (Å²) in [4.78, 5) is 10.4. The summed E-state index contributed by atoms with van der Waals surface area (Å²) in [7, 11) is 0. The van der Waals surface area contributed by atoms with E-state index in [9.17, 15) is 4.79 Å². The van der Waals surface area contributed by atoms with Crippen molar-refractivity contribution in [2.24, 2.45) is 11.8 Å². The fraction of sp³-hybridized carbons (Fsp3) is 0.929. The number of nitrogens with one attached hydrogen (secondary N) is 1. The van der Waals surface area contributed by atoms with Crippen LogP contribution in [0.4, 0.5) is 0 Å². The van der Waals surface area contributed by atoms with E-state index in [-0.39, 0.29) is 6.42 Å². The molecule has 17 heavy (non-hydrogen) atoms. The van der Waals surface area contributed by atoms with E-state index in [0.29, 0.717) is 6.04 Å². The third kappa shape index (κ3) is 6.67. The van der Waals surface area contributed by atoms with Gasteiger partial charge >= 0.3 is 5.97 Å². The molecule has 1 rings (SSSR count). The van der Waals surface area contributed by atoms with Crippen LogP contribution in [0.3, 0.4) is 0 Å². The van der Waals surface area contributed by atoms with Crippen LogP contribution >= 0.6 is 0 Å². The highest BCUT2D eigenvalue weighted by molar-refractivity contribution is 5.66. The second-order valence-corrected chi connectivity index (χ2v) is 5.70. The number of carboxylic acid groups (broad SMARTS) is 1. The molecule has 0 heterocycles. The Labute approximate surface area is 105 Å². The molecule has 0 radical (unpaired) electrons. The SMILES string of the molecule is CC1CCC(CCNC(C)CCC(=O)O)CC1. The van der Waals surface area contributed by atoms with Crippen molar-refractivity contribution < 1.29 is 9.90 Å². The van der Waals surface area contributed by atoms with Crippen LogP contribution in [0, 0.1) is 11.8 Å². The molecule has 100 valence electrons. The van der Waals surface area contributed by atoms with Gasteiger partial charge in [0.15, 0.2) is 0 Å². The van der Waals surface area contributed by atoms with Gasteiger partial charge in [-0.2, -0.15) is 0 Å². The molecule has 0 aromatic carbocycles. The first-order valence-corrected chi connectivity index (χ1v) is 7.03. The fourth-order valence-electron chi connectivity index (χ4n) is 2.59. The minimum Gasteiger partial charge on any atom is -0.481 e. The number of aliphatic carboxylic acids is 1. The van der Waals surface area contributed by atoms with Gasteiger partial charge < -0.3 is 10.4 Å². The number of hydrogen-bond donors (Lipinski definition) is 2. The Hall–Kier alpha value is -0.570. The minimum atomic E-state index is -0.695. The zero-order valence-electron chi connectivity index (χ0n) is 11.2. The van der Waals surface area contributed by atoms with Crippen LogP contribution < -0.4 is 5.32 Å². The van der Waals surface area contributed by atoms with E-state index in [1.807, 2.05) is 0 Å². The molecular weight excluding hydrogens is 214 g/mol. The number of hydrogen-bond acceptors (Lipinski definition) is 2. The van der Waals surface area contributed by atoms with E-state index in [0.717, 1.165) is 24.8 Å². The maximum Gasteiger partial charge on any atom is 0.303 e. The molecule has 1 unspecified atom stereocenters. The number of carboxylic acids is 1. The topological polar surface area (TPSA) is 49.3 Å². The van der Waals surface area contributed by atoms with Crippen LogP contribution in [0.1, 0.15) is 58.8 Å². The molecule has 1 atom stereocenters. The van der Waals surface area contributed by atoms with Crippen molar-refractivity contribution >= 4 is 5.97 Å². The summed E-state index contributed by atoms with van der Waals surface area (Å²) >= 11 is 0. The number of carbonyl (C=O) groups is 1. The molecule has 1 fully saturated rings. The van der Waals surface area contributed by atoms with Crippen molar-refractivity contribution in [3.05, 3.63) is 0 Å². The Bertz CT molecular complexity index is 222. The monoisotopic (exact) mass is 241 g/mol. The van der Waals surface area contributed by atoms with Crippen LogP contribution in [-0.4, -0.2) is 23.7 Å². The van der Waals surface area contributed by atoms with Gasteiger partial charge in [0.2, 0.25) is 0 Å². The Morgan fingerprint density at radius 3 is 2.59 bits per heavy atom. The Balaban J connectivity index is 2.01. The average molecular weight is 241 g/mol. The van der Waals surface area contributed by atoms with Crippen molar-refractivity contribution in [3.8, 4) is 0 Å². The molecule has 1 saturated carbocycles. The van der Waals surface area contributed by atoms with Gasteiger partial charge in [0.05, 0.1) is 0 Å². The predicted octanol–water partition coefficient (Wildman–Crippen LogP) is 3.05. The van der Waals surface area contributed by atoms with Crippen molar-refractivity contribution in [1.82, 2.24) is 5.32 Å². The maximum absolute atomic E-state index is 10.4. The van der Waals surface area contributed by atoms with Crippen molar-refractivity contribution in [2.45, 2.75) is 64.8 Å². The average Bonchev–Trinajstić information content (AvgIpc) is 2.29. The third-order valence-electron chi connectivity index (χ3n) is 3.97. The lowest BCUT2D eigenvalue weighted by molar-refractivity contribution is -0.137. The Morgan fingerprint density at radius 1 is 1.35 bits per heavy atom. The second-order valence-electron chi connectivity index (χ2n) is 5.70. The van der Waals surface area contributed by atoms with Gasteiger partial charge in [-0.15, -0.1) is 0 Å². The first-order chi connectivity index (χ1) is 8.08. The van der Waals surface area contributed by atoms with E-state index < -0.39 is 5.97 Å². The second kappa shape index (κ2) is 7.70. The highest BCUT2D eigenvalue weighted by Crippen LogP contribution is 2.29. The van der Waals surface area contributed by atoms with Gasteiger partial charge in [-0.3, -0.25) is 4.79 Å². The summed E-state index contributed by atoms with van der Waals surface area (Å²) in [5.41, 5.74) is 0. The summed E-state index contributed by atoms with van der Waals surface area (Å²) in [6.45, 7) is 5.47. The summed E-state index contributed by atoms with van der Waals surface area (Å²) < 4.78 is 0. The van der Waals surface area contributed by atoms with Crippen LogP contribution in [0.15, 0.2) is 0 Å². The normalized spacial score (nSPS) is 26.7. The quantitative estimate of drug-likeness (QED) is 0.720. The molecule has 0 aromatic rings. The fourth-order valence-corrected chi connectivity index (χ4v) is 2.59. The molecule has 2 N–H and O–H groups in total. The zero-order valence-corrected chi connectivity index (χ0v) is 11.2. The standard InChI is InChI=1S/C14H27NO2/c1-11-3-6-13(7-4-11)9-10-15-12(2)5-8-14(16)17/h11-13,15H,3-10H2,1-2H3,(H,16,17). The van der Waals surface area contributed by atoms with Gasteiger partial charge in [0, 0.05) is 12.5 Å². The predicted molar refractivity (Wildman–Crippen MR) is 70.1 cm³/mol. The van der Waals surface area contributed by atoms with Gasteiger partial charge in [-0.1, -0.05) is 32.6 Å². The summed E-state index contributed by atoms with van der Waals surface area (Å²) in [5, 5.41) is 12.0. The molecule has 3 heteroatoms. The molecule has 0 aliphatic heterocycles. The van der Waals surface area contributed by atoms with Gasteiger partial charge in [-0.05, 0) is 38.1 Å². The lowest BCUT2D eigenvalue weighted by Gasteiger charge is -2.26. The Kier molecular flexibility index (Phi) is 6.56. The molecule has 0 aromatic heterocycles. The Morgan fingerprint density at radius 2 is 2.00 bits per heavy atom. The summed E-state index contributed by atoms with van der Waals surface area (Å²) in [5.74, 6) is 1.12. The molecular formula is C14H27NO2. The highest BCUT2D eigenvalue weighted by atomic mass is 16.4. The third-order valence-corrected chi connectivity index (χ3v) is 3.97. The van der Waals surface area contributed by atoms with Crippen LogP contribution in [0.2, 0.25) is 0 Å². The van der Waals surface area contributed by atoms with Crippen LogP contribution in [-0.2, 0) is 4.79 Å². The molecule has 3 nitrogen and oxygen atoms in total. The zero-order chi connectivity index (χ0) is 12.7. The van der Waals surface area contributed by atoms with Crippen LogP contribution in [0.25, 0.3) is 0 Å². The van der Waals surface area contributed by atoms with E-state index in [1.165, 1.54) is 32.1 Å². The first kappa shape index (κ1) is 14.5. The molecule has 1 aliphatic rings. The molecule has 0 spiro atoms. The lowest BCUT2D eigenvalue weighted by Crippen LogP contribution is -2.29. The summed E-state index contributed by atoms with van der Waals surface area (Å²) in [6.07, 6.45) is 7.80. The highest BCUT2D eigenvalue weighted by Gasteiger charge is 2.17. The first-order valence-electron chi connectivity index (χ1n) is 7.03. The van der Waals surface area contributed by atoms with Crippen molar-refractivity contribution in [2.75, 3.05) is 6.54 Å². The van der Waals surface area contributed by atoms with Crippen molar-refractivity contribution in [3.63, 3.8) is 0 Å². The number of rotatable bonds is 7. The molecule has 0 bridgehead atoms. The lowest BCUT2D eigenvalue weighted by atomic mass is 9.81. The minimum absolute atomic E-state index is 0.273. The van der Waals surface area contributed by atoms with Crippen LogP contribution in [0.5, 0.6) is 0 Å². The van der Waals surface area contributed by atoms with Gasteiger partial charge in [0.1, 0.15) is 0 Å². The molecule has 0 amide bonds. The largest absolute Gasteiger partial charge is 0.481 e. The maximum atomic E-state index is 10.4. The smallest absolute Gasteiger partial charge is 0.303 e.